The summed E-state index contributed by atoms with van der Waals surface area (Å²) < 4.78 is 3.70. The van der Waals surface area contributed by atoms with Gasteiger partial charge in [0.1, 0.15) is 11.8 Å². The fourth-order valence-electron chi connectivity index (χ4n) is 2.07. The van der Waals surface area contributed by atoms with Gasteiger partial charge in [-0.1, -0.05) is 22.0 Å². The highest BCUT2D eigenvalue weighted by molar-refractivity contribution is 9.11. The lowest BCUT2D eigenvalue weighted by Gasteiger charge is -2.08. The van der Waals surface area contributed by atoms with Crippen molar-refractivity contribution in [3.8, 4) is 5.69 Å². The molecule has 2 aromatic carbocycles. The lowest BCUT2D eigenvalue weighted by molar-refractivity contribution is 0.0699. The Kier molecular flexibility index (Phi) is 3.35. The Bertz CT molecular complexity index is 827. The van der Waals surface area contributed by atoms with E-state index in [9.17, 15) is 9.90 Å². The standard InChI is InChI=1S/C14H8Br2N2O2/c15-8-4-5-10(16)12(6-8)18-7-17-13-9(14(19)20)2-1-3-11(13)18/h1-7H,(H,19,20). The summed E-state index contributed by atoms with van der Waals surface area (Å²) in [7, 11) is 0. The number of carboxylic acid groups (broad SMARTS) is 1. The van der Waals surface area contributed by atoms with Gasteiger partial charge in [-0.2, -0.15) is 0 Å². The second kappa shape index (κ2) is 5.03. The quantitative estimate of drug-likeness (QED) is 0.705. The summed E-state index contributed by atoms with van der Waals surface area (Å²) in [6, 6.07) is 10.9. The molecule has 1 heterocycles. The van der Waals surface area contributed by atoms with Crippen LogP contribution in [0, 0.1) is 0 Å². The third-order valence-corrected chi connectivity index (χ3v) is 4.14. The Morgan fingerprint density at radius 3 is 2.75 bits per heavy atom. The van der Waals surface area contributed by atoms with Crippen molar-refractivity contribution in [3.63, 3.8) is 0 Å². The molecule has 0 aliphatic rings. The molecule has 3 aromatic rings. The Morgan fingerprint density at radius 1 is 1.20 bits per heavy atom. The number of halogens is 2. The molecule has 0 radical (unpaired) electrons. The van der Waals surface area contributed by atoms with Crippen LogP contribution in [0.5, 0.6) is 0 Å². The minimum absolute atomic E-state index is 0.201. The highest BCUT2D eigenvalue weighted by atomic mass is 79.9. The number of carbonyl (C=O) groups is 1. The van der Waals surface area contributed by atoms with Crippen molar-refractivity contribution < 1.29 is 9.90 Å². The summed E-state index contributed by atoms with van der Waals surface area (Å²) in [4.78, 5) is 15.4. The minimum atomic E-state index is -0.978. The van der Waals surface area contributed by atoms with Crippen LogP contribution in [0.2, 0.25) is 0 Å². The molecule has 6 heteroatoms. The third kappa shape index (κ3) is 2.14. The van der Waals surface area contributed by atoms with E-state index in [1.54, 1.807) is 18.5 Å². The van der Waals surface area contributed by atoms with E-state index in [1.165, 1.54) is 0 Å². The van der Waals surface area contributed by atoms with Crippen LogP contribution in [0.25, 0.3) is 16.7 Å². The number of carboxylic acids is 1. The predicted octanol–water partition coefficient (Wildman–Crippen LogP) is 4.25. The number of para-hydroxylation sites is 1. The molecule has 1 aromatic heterocycles. The van der Waals surface area contributed by atoms with Crippen LogP contribution >= 0.6 is 31.9 Å². The fraction of sp³-hybridized carbons (Fsp3) is 0. The second-order valence-corrected chi connectivity index (χ2v) is 5.96. The zero-order valence-electron chi connectivity index (χ0n) is 10.0. The van der Waals surface area contributed by atoms with Crippen LogP contribution in [0.1, 0.15) is 10.4 Å². The first-order valence-corrected chi connectivity index (χ1v) is 7.31. The van der Waals surface area contributed by atoms with Gasteiger partial charge >= 0.3 is 5.97 Å². The van der Waals surface area contributed by atoms with Crippen LogP contribution in [0.4, 0.5) is 0 Å². The number of nitrogens with zero attached hydrogens (tertiary/aromatic N) is 2. The molecule has 0 amide bonds. The van der Waals surface area contributed by atoms with Gasteiger partial charge in [0.15, 0.2) is 0 Å². The zero-order valence-corrected chi connectivity index (χ0v) is 13.2. The smallest absolute Gasteiger partial charge is 0.337 e. The van der Waals surface area contributed by atoms with Crippen LogP contribution in [0.3, 0.4) is 0 Å². The summed E-state index contributed by atoms with van der Waals surface area (Å²) in [6.07, 6.45) is 1.63. The summed E-state index contributed by atoms with van der Waals surface area (Å²) in [5.74, 6) is -0.978. The summed E-state index contributed by atoms with van der Waals surface area (Å²) >= 11 is 6.93. The maximum atomic E-state index is 11.2. The molecule has 0 aliphatic carbocycles. The van der Waals surface area contributed by atoms with Crippen LogP contribution in [0.15, 0.2) is 51.7 Å². The van der Waals surface area contributed by atoms with Crippen molar-refractivity contribution in [1.29, 1.82) is 0 Å². The van der Waals surface area contributed by atoms with Gasteiger partial charge in [-0.05, 0) is 46.3 Å². The van der Waals surface area contributed by atoms with Crippen molar-refractivity contribution in [2.45, 2.75) is 0 Å². The molecule has 4 nitrogen and oxygen atoms in total. The Labute approximate surface area is 131 Å². The van der Waals surface area contributed by atoms with E-state index in [0.717, 1.165) is 20.1 Å². The van der Waals surface area contributed by atoms with Gasteiger partial charge < -0.3 is 5.11 Å². The number of aromatic carboxylic acids is 1. The highest BCUT2D eigenvalue weighted by Crippen LogP contribution is 2.28. The molecule has 3 rings (SSSR count). The molecule has 0 saturated carbocycles. The molecular weight excluding hydrogens is 388 g/mol. The number of aromatic nitrogens is 2. The van der Waals surface area contributed by atoms with Crippen molar-refractivity contribution >= 4 is 48.9 Å². The zero-order chi connectivity index (χ0) is 14.3. The van der Waals surface area contributed by atoms with Crippen molar-refractivity contribution in [2.75, 3.05) is 0 Å². The van der Waals surface area contributed by atoms with E-state index in [2.05, 4.69) is 36.8 Å². The Balaban J connectivity index is 2.31. The molecule has 0 fully saturated rings. The Morgan fingerprint density at radius 2 is 2.00 bits per heavy atom. The molecule has 0 spiro atoms. The molecular formula is C14H8Br2N2O2. The molecule has 1 N–H and O–H groups in total. The summed E-state index contributed by atoms with van der Waals surface area (Å²) in [6.45, 7) is 0. The maximum absolute atomic E-state index is 11.2. The van der Waals surface area contributed by atoms with Gasteiger partial charge in [0.25, 0.3) is 0 Å². The lowest BCUT2D eigenvalue weighted by Crippen LogP contribution is -1.98. The number of hydrogen-bond acceptors (Lipinski definition) is 2. The average molecular weight is 396 g/mol. The van der Waals surface area contributed by atoms with E-state index in [0.29, 0.717) is 5.52 Å². The lowest BCUT2D eigenvalue weighted by atomic mass is 10.2. The van der Waals surface area contributed by atoms with Gasteiger partial charge in [0.2, 0.25) is 0 Å². The number of fused-ring (bicyclic) bond motifs is 1. The van der Waals surface area contributed by atoms with E-state index < -0.39 is 5.97 Å². The van der Waals surface area contributed by atoms with E-state index in [4.69, 9.17) is 0 Å². The van der Waals surface area contributed by atoms with Gasteiger partial charge in [0, 0.05) is 8.95 Å². The van der Waals surface area contributed by atoms with Crippen molar-refractivity contribution in [1.82, 2.24) is 9.55 Å². The van der Waals surface area contributed by atoms with Gasteiger partial charge in [-0.15, -0.1) is 0 Å². The van der Waals surface area contributed by atoms with Gasteiger partial charge in [0.05, 0.1) is 16.8 Å². The molecule has 0 aliphatic heterocycles. The number of imidazole rings is 1. The second-order valence-electron chi connectivity index (χ2n) is 4.19. The van der Waals surface area contributed by atoms with Gasteiger partial charge in [-0.25, -0.2) is 9.78 Å². The SMILES string of the molecule is O=C(O)c1cccc2c1ncn2-c1cc(Br)ccc1Br. The van der Waals surface area contributed by atoms with Gasteiger partial charge in [-0.3, -0.25) is 4.57 Å². The van der Waals surface area contributed by atoms with E-state index in [-0.39, 0.29) is 5.56 Å². The first-order chi connectivity index (χ1) is 9.58. The topological polar surface area (TPSA) is 55.1 Å². The normalized spacial score (nSPS) is 10.9. The maximum Gasteiger partial charge on any atom is 0.337 e. The molecule has 100 valence electrons. The summed E-state index contributed by atoms with van der Waals surface area (Å²) in [5, 5.41) is 9.20. The first kappa shape index (κ1) is 13.3. The number of benzene rings is 2. The van der Waals surface area contributed by atoms with E-state index in [1.807, 2.05) is 28.8 Å². The van der Waals surface area contributed by atoms with Crippen LogP contribution < -0.4 is 0 Å². The minimum Gasteiger partial charge on any atom is -0.478 e. The van der Waals surface area contributed by atoms with Crippen LogP contribution in [-0.4, -0.2) is 20.6 Å². The molecule has 0 saturated heterocycles. The molecule has 20 heavy (non-hydrogen) atoms. The van der Waals surface area contributed by atoms with Crippen LogP contribution in [-0.2, 0) is 0 Å². The Hall–Kier alpha value is -1.66. The number of hydrogen-bond donors (Lipinski definition) is 1. The molecule has 0 bridgehead atoms. The highest BCUT2D eigenvalue weighted by Gasteiger charge is 2.14. The average Bonchev–Trinajstić information content (AvgIpc) is 2.85. The molecule has 0 atom stereocenters. The van der Waals surface area contributed by atoms with Crippen molar-refractivity contribution in [2.24, 2.45) is 0 Å². The fourth-order valence-corrected chi connectivity index (χ4v) is 2.86. The van der Waals surface area contributed by atoms with E-state index >= 15 is 0 Å². The third-order valence-electron chi connectivity index (χ3n) is 2.97. The number of rotatable bonds is 2. The predicted molar refractivity (Wildman–Crippen MR) is 83.4 cm³/mol. The summed E-state index contributed by atoms with van der Waals surface area (Å²) in [5.41, 5.74) is 2.33. The largest absolute Gasteiger partial charge is 0.478 e. The molecule has 0 unspecified atom stereocenters. The first-order valence-electron chi connectivity index (χ1n) is 5.72. The van der Waals surface area contributed by atoms with Crippen molar-refractivity contribution in [3.05, 3.63) is 57.2 Å². The monoisotopic (exact) mass is 394 g/mol.